The Morgan fingerprint density at radius 2 is 1.94 bits per heavy atom. The van der Waals surface area contributed by atoms with Crippen molar-refractivity contribution >= 4 is 29.5 Å². The summed E-state index contributed by atoms with van der Waals surface area (Å²) in [4.78, 5) is 41.5. The number of nitro groups is 1. The van der Waals surface area contributed by atoms with E-state index in [0.29, 0.717) is 5.39 Å². The molecule has 0 spiro atoms. The highest BCUT2D eigenvalue weighted by atomic mass is 31.2. The number of aromatic nitrogens is 1. The Labute approximate surface area is 99.2 Å². The maximum Gasteiger partial charge on any atom is 0.361 e. The van der Waals surface area contributed by atoms with Crippen LogP contribution in [-0.4, -0.2) is 19.7 Å². The first kappa shape index (κ1) is 12.4. The monoisotopic (exact) mass is 270 g/mol. The van der Waals surface area contributed by atoms with E-state index in [1.165, 1.54) is 12.1 Å². The number of nitrogens with one attached hydrogen (secondary N) is 1. The van der Waals surface area contributed by atoms with Crippen LogP contribution in [0, 0.1) is 10.1 Å². The Balaban J connectivity index is 2.76. The van der Waals surface area contributed by atoms with Gasteiger partial charge in [-0.1, -0.05) is 0 Å². The predicted octanol–water partition coefficient (Wildman–Crippen LogP) is 0.239. The summed E-state index contributed by atoms with van der Waals surface area (Å²) >= 11 is 0. The van der Waals surface area contributed by atoms with Gasteiger partial charge in [0.1, 0.15) is 5.30 Å². The van der Waals surface area contributed by atoms with E-state index in [4.69, 9.17) is 9.79 Å². The van der Waals surface area contributed by atoms with Crippen LogP contribution in [0.25, 0.3) is 10.9 Å². The quantitative estimate of drug-likeness (QED) is 0.406. The van der Waals surface area contributed by atoms with E-state index in [9.17, 15) is 19.5 Å². The largest absolute Gasteiger partial charge is 0.361 e. The van der Waals surface area contributed by atoms with Crippen LogP contribution in [0.3, 0.4) is 0 Å². The molecule has 0 aliphatic carbocycles. The van der Waals surface area contributed by atoms with Gasteiger partial charge in [-0.05, 0) is 17.5 Å². The van der Waals surface area contributed by atoms with Crippen molar-refractivity contribution in [2.24, 2.45) is 0 Å². The molecule has 8 nitrogen and oxygen atoms in total. The molecule has 2 rings (SSSR count). The van der Waals surface area contributed by atoms with E-state index < -0.39 is 23.4 Å². The van der Waals surface area contributed by atoms with E-state index >= 15 is 0 Å². The summed E-state index contributed by atoms with van der Waals surface area (Å²) in [6, 6.07) is 4.64. The van der Waals surface area contributed by atoms with Crippen LogP contribution < -0.4 is 10.9 Å². The molecular weight excluding hydrogens is 263 g/mol. The third-order valence-electron chi connectivity index (χ3n) is 2.33. The van der Waals surface area contributed by atoms with Gasteiger partial charge in [0.05, 0.1) is 10.4 Å². The second kappa shape index (κ2) is 4.02. The van der Waals surface area contributed by atoms with Crippen LogP contribution in [0.4, 0.5) is 5.69 Å². The van der Waals surface area contributed by atoms with E-state index in [-0.39, 0.29) is 11.2 Å². The molecule has 0 bridgehead atoms. The van der Waals surface area contributed by atoms with Crippen LogP contribution in [0.1, 0.15) is 0 Å². The maximum absolute atomic E-state index is 11.4. The smallest absolute Gasteiger partial charge is 0.321 e. The van der Waals surface area contributed by atoms with Crippen LogP contribution in [0.2, 0.25) is 0 Å². The Kier molecular flexibility index (Phi) is 2.78. The molecule has 0 saturated heterocycles. The van der Waals surface area contributed by atoms with Gasteiger partial charge < -0.3 is 14.8 Å². The number of non-ortho nitro benzene ring substituents is 1. The summed E-state index contributed by atoms with van der Waals surface area (Å²) in [5.74, 6) is 0. The molecule has 0 aliphatic heterocycles. The highest BCUT2D eigenvalue weighted by Crippen LogP contribution is 2.32. The molecule has 9 heteroatoms. The number of aromatic amines is 1. The molecule has 1 aromatic heterocycles. The zero-order valence-electron chi connectivity index (χ0n) is 8.73. The molecule has 0 amide bonds. The minimum atomic E-state index is -4.67. The molecule has 0 atom stereocenters. The highest BCUT2D eigenvalue weighted by molar-refractivity contribution is 7.60. The fourth-order valence-corrected chi connectivity index (χ4v) is 2.14. The molecule has 1 heterocycles. The van der Waals surface area contributed by atoms with Crippen molar-refractivity contribution in [2.45, 2.75) is 0 Å². The van der Waals surface area contributed by atoms with Gasteiger partial charge in [-0.3, -0.25) is 19.5 Å². The zero-order valence-corrected chi connectivity index (χ0v) is 9.63. The molecule has 0 aliphatic rings. The van der Waals surface area contributed by atoms with Crippen LogP contribution in [-0.2, 0) is 4.57 Å². The lowest BCUT2D eigenvalue weighted by molar-refractivity contribution is -0.384. The molecule has 18 heavy (non-hydrogen) atoms. The van der Waals surface area contributed by atoms with Crippen molar-refractivity contribution in [1.82, 2.24) is 4.98 Å². The van der Waals surface area contributed by atoms with Crippen LogP contribution in [0.15, 0.2) is 29.1 Å². The normalized spacial score (nSPS) is 11.7. The third-order valence-corrected chi connectivity index (χ3v) is 3.29. The average Bonchev–Trinajstić information content (AvgIpc) is 2.25. The summed E-state index contributed by atoms with van der Waals surface area (Å²) in [6.07, 6.45) is 0. The summed E-state index contributed by atoms with van der Waals surface area (Å²) in [6.45, 7) is 0. The zero-order chi connectivity index (χ0) is 13.5. The Morgan fingerprint density at radius 3 is 2.50 bits per heavy atom. The van der Waals surface area contributed by atoms with Crippen molar-refractivity contribution in [3.8, 4) is 0 Å². The van der Waals surface area contributed by atoms with Gasteiger partial charge in [0.15, 0.2) is 0 Å². The molecule has 0 unspecified atom stereocenters. The van der Waals surface area contributed by atoms with Crippen molar-refractivity contribution in [1.29, 1.82) is 0 Å². The number of rotatable bonds is 2. The Bertz CT molecular complexity index is 746. The molecule has 0 fully saturated rings. The lowest BCUT2D eigenvalue weighted by Gasteiger charge is -2.04. The standard InChI is InChI=1S/C9H7N2O6P/c12-9-8(18(15,16)17)3-5-1-2-6(11(13)14)4-7(5)10-9/h1-4H,(H,10,12)(H2,15,16,17). The number of pyridine rings is 1. The number of fused-ring (bicyclic) bond motifs is 1. The molecule has 0 radical (unpaired) electrons. The fourth-order valence-electron chi connectivity index (χ4n) is 1.51. The minimum Gasteiger partial charge on any atom is -0.321 e. The molecule has 0 saturated carbocycles. The summed E-state index contributed by atoms with van der Waals surface area (Å²) in [7, 11) is -4.67. The van der Waals surface area contributed by atoms with E-state index in [0.717, 1.165) is 12.1 Å². The number of nitro benzene ring substituents is 1. The molecule has 1 aromatic carbocycles. The van der Waals surface area contributed by atoms with E-state index in [1.807, 2.05) is 0 Å². The Morgan fingerprint density at radius 1 is 1.28 bits per heavy atom. The number of benzene rings is 1. The van der Waals surface area contributed by atoms with Gasteiger partial charge in [0.2, 0.25) is 0 Å². The van der Waals surface area contributed by atoms with Gasteiger partial charge in [-0.15, -0.1) is 0 Å². The van der Waals surface area contributed by atoms with E-state index in [2.05, 4.69) is 4.98 Å². The summed E-state index contributed by atoms with van der Waals surface area (Å²) < 4.78 is 11.0. The number of hydrogen-bond acceptors (Lipinski definition) is 4. The molecular formula is C9H7N2O6P. The predicted molar refractivity (Wildman–Crippen MR) is 62.9 cm³/mol. The van der Waals surface area contributed by atoms with E-state index in [1.54, 1.807) is 0 Å². The van der Waals surface area contributed by atoms with Crippen LogP contribution >= 0.6 is 7.60 Å². The van der Waals surface area contributed by atoms with Gasteiger partial charge >= 0.3 is 7.60 Å². The molecule has 3 N–H and O–H groups in total. The topological polar surface area (TPSA) is 134 Å². The number of hydrogen-bond donors (Lipinski definition) is 3. The van der Waals surface area contributed by atoms with Crippen LogP contribution in [0.5, 0.6) is 0 Å². The van der Waals surface area contributed by atoms with Crippen molar-refractivity contribution in [3.63, 3.8) is 0 Å². The highest BCUT2D eigenvalue weighted by Gasteiger charge is 2.22. The minimum absolute atomic E-state index is 0.145. The van der Waals surface area contributed by atoms with Crippen molar-refractivity contribution in [2.75, 3.05) is 0 Å². The average molecular weight is 270 g/mol. The van der Waals surface area contributed by atoms with Crippen molar-refractivity contribution in [3.05, 3.63) is 44.7 Å². The van der Waals surface area contributed by atoms with Gasteiger partial charge in [-0.2, -0.15) is 0 Å². The Hall–Kier alpha value is -2.02. The number of H-pyrrole nitrogens is 1. The summed E-state index contributed by atoms with van der Waals surface area (Å²) in [5.41, 5.74) is -1.04. The van der Waals surface area contributed by atoms with Gasteiger partial charge in [0, 0.05) is 12.1 Å². The first-order valence-corrected chi connectivity index (χ1v) is 6.28. The number of nitrogens with zero attached hydrogens (tertiary/aromatic N) is 1. The second-order valence-electron chi connectivity index (χ2n) is 3.56. The second-order valence-corrected chi connectivity index (χ2v) is 5.13. The molecule has 94 valence electrons. The molecule has 2 aromatic rings. The maximum atomic E-state index is 11.4. The lowest BCUT2D eigenvalue weighted by atomic mass is 10.2. The summed E-state index contributed by atoms with van der Waals surface area (Å²) in [5, 5.41) is 10.2. The first-order valence-electron chi connectivity index (χ1n) is 4.66. The SMILES string of the molecule is O=c1[nH]c2cc([N+](=O)[O-])ccc2cc1P(=O)(O)O. The van der Waals surface area contributed by atoms with Gasteiger partial charge in [-0.25, -0.2) is 0 Å². The third kappa shape index (κ3) is 2.17. The lowest BCUT2D eigenvalue weighted by Crippen LogP contribution is -2.26. The van der Waals surface area contributed by atoms with Gasteiger partial charge in [0.25, 0.3) is 11.2 Å². The fraction of sp³-hybridized carbons (Fsp3) is 0. The first-order chi connectivity index (χ1) is 8.29. The van der Waals surface area contributed by atoms with Crippen molar-refractivity contribution < 1.29 is 19.3 Å².